The summed E-state index contributed by atoms with van der Waals surface area (Å²) in [5.41, 5.74) is -1.99. The number of carboxylic acid groups (broad SMARTS) is 3. The van der Waals surface area contributed by atoms with Crippen LogP contribution in [0.3, 0.4) is 0 Å². The van der Waals surface area contributed by atoms with Crippen molar-refractivity contribution >= 4 is 41.0 Å². The molecule has 262 valence electrons. The van der Waals surface area contributed by atoms with Crippen LogP contribution in [0.1, 0.15) is 37.7 Å². The van der Waals surface area contributed by atoms with Crippen molar-refractivity contribution in [3.63, 3.8) is 0 Å². The summed E-state index contributed by atoms with van der Waals surface area (Å²) in [7, 11) is -5.85. The Bertz CT molecular complexity index is 1660. The number of aliphatic carboxylic acids is 3. The molecule has 1 fully saturated rings. The van der Waals surface area contributed by atoms with Crippen LogP contribution in [-0.2, 0) is 35.6 Å². The molecule has 2 atom stereocenters. The van der Waals surface area contributed by atoms with Gasteiger partial charge in [0.05, 0.1) is 29.9 Å². The summed E-state index contributed by atoms with van der Waals surface area (Å²) in [5, 5.41) is 55.9. The van der Waals surface area contributed by atoms with E-state index in [0.717, 1.165) is 18.4 Å². The third-order valence-electron chi connectivity index (χ3n) is 7.05. The normalized spacial score (nSPS) is 13.9. The Hall–Kier alpha value is -4.95. The van der Waals surface area contributed by atoms with Gasteiger partial charge >= 0.3 is 25.0 Å². The summed E-state index contributed by atoms with van der Waals surface area (Å²) in [6, 6.07) is 13.5. The number of carboxylic acids is 3. The lowest BCUT2D eigenvalue weighted by molar-refractivity contribution is -0.170. The molecule has 3 aromatic rings. The number of ether oxygens (including phenoxy) is 1. The number of carbonyl (C=O) groups is 4. The third-order valence-corrected chi connectivity index (χ3v) is 8.54. The summed E-state index contributed by atoms with van der Waals surface area (Å²) in [6.45, 7) is 0. The zero-order valence-electron chi connectivity index (χ0n) is 25.8. The van der Waals surface area contributed by atoms with Gasteiger partial charge in [0.2, 0.25) is 21.8 Å². The Kier molecular flexibility index (Phi) is 13.7. The van der Waals surface area contributed by atoms with Gasteiger partial charge in [-0.1, -0.05) is 43.2 Å². The van der Waals surface area contributed by atoms with Crippen LogP contribution in [0.15, 0.2) is 78.1 Å². The number of aliphatic hydroxyl groups is 1. The summed E-state index contributed by atoms with van der Waals surface area (Å²) in [5.74, 6) is -5.59. The van der Waals surface area contributed by atoms with Gasteiger partial charge in [0, 0.05) is 12.4 Å². The van der Waals surface area contributed by atoms with Crippen LogP contribution in [0.2, 0.25) is 0 Å². The summed E-state index contributed by atoms with van der Waals surface area (Å²) < 4.78 is 34.3. The number of rotatable bonds is 17. The van der Waals surface area contributed by atoms with Gasteiger partial charge in [0.15, 0.2) is 5.60 Å². The van der Waals surface area contributed by atoms with E-state index in [4.69, 9.17) is 25.2 Å². The lowest BCUT2D eigenvalue weighted by Crippen LogP contribution is -2.54. The molecule has 1 heterocycles. The summed E-state index contributed by atoms with van der Waals surface area (Å²) in [4.78, 5) is 51.5. The minimum absolute atomic E-state index is 0.0587. The number of aromatic nitrogens is 2. The van der Waals surface area contributed by atoms with Crippen molar-refractivity contribution in [3.05, 3.63) is 78.8 Å². The van der Waals surface area contributed by atoms with Crippen LogP contribution in [0.4, 0.5) is 0 Å². The van der Waals surface area contributed by atoms with Crippen molar-refractivity contribution in [2.45, 2.75) is 61.0 Å². The number of hydrogen-bond donors (Lipinski definition) is 8. The van der Waals surface area contributed by atoms with E-state index >= 15 is 0 Å². The number of sulfonamides is 1. The molecule has 17 nitrogen and oxygen atoms in total. The van der Waals surface area contributed by atoms with Crippen LogP contribution >= 0.6 is 0 Å². The molecule has 0 spiro atoms. The molecule has 8 N–H and O–H groups in total. The molecule has 0 bridgehead atoms. The molecule has 0 radical (unpaired) electrons. The van der Waals surface area contributed by atoms with Crippen LogP contribution in [0, 0.1) is 5.92 Å². The van der Waals surface area contributed by atoms with Crippen LogP contribution in [-0.4, -0.2) is 97.4 Å². The lowest BCUT2D eigenvalue weighted by atomic mass is 9.76. The minimum atomic E-state index is -4.10. The van der Waals surface area contributed by atoms with Gasteiger partial charge in [-0.05, 0) is 48.6 Å². The molecule has 1 aliphatic carbocycles. The van der Waals surface area contributed by atoms with Crippen molar-refractivity contribution in [1.82, 2.24) is 20.0 Å². The summed E-state index contributed by atoms with van der Waals surface area (Å²) >= 11 is 0. The quantitative estimate of drug-likeness (QED) is 0.0873. The highest BCUT2D eigenvalue weighted by Gasteiger charge is 2.41. The third kappa shape index (κ3) is 12.9. The molecule has 1 saturated carbocycles. The predicted octanol–water partition coefficient (Wildman–Crippen LogP) is 0.207. The molecule has 1 aromatic heterocycles. The van der Waals surface area contributed by atoms with Crippen LogP contribution in [0.25, 0.3) is 0 Å². The molecule has 4 rings (SSSR count). The Morgan fingerprint density at radius 1 is 0.939 bits per heavy atom. The van der Waals surface area contributed by atoms with Crippen molar-refractivity contribution in [2.75, 3.05) is 0 Å². The van der Waals surface area contributed by atoms with E-state index in [1.165, 1.54) is 42.9 Å². The van der Waals surface area contributed by atoms with Gasteiger partial charge in [0.25, 0.3) is 0 Å². The Morgan fingerprint density at radius 2 is 1.55 bits per heavy atom. The maximum absolute atomic E-state index is 13.2. The smallest absolute Gasteiger partial charge is 0.475 e. The van der Waals surface area contributed by atoms with E-state index in [9.17, 15) is 37.6 Å². The maximum atomic E-state index is 13.2. The van der Waals surface area contributed by atoms with E-state index < -0.39 is 71.4 Å². The van der Waals surface area contributed by atoms with Crippen molar-refractivity contribution < 1.29 is 62.8 Å². The first-order valence-corrected chi connectivity index (χ1v) is 16.2. The average molecular weight is 703 g/mol. The molecular weight excluding hydrogens is 667 g/mol. The lowest BCUT2D eigenvalue weighted by Gasteiger charge is -2.23. The van der Waals surface area contributed by atoms with Gasteiger partial charge in [-0.15, -0.1) is 0 Å². The van der Waals surface area contributed by atoms with Crippen molar-refractivity contribution in [2.24, 2.45) is 5.92 Å². The van der Waals surface area contributed by atoms with Gasteiger partial charge in [-0.3, -0.25) is 19.4 Å². The Morgan fingerprint density at radius 3 is 2.04 bits per heavy atom. The first-order chi connectivity index (χ1) is 23.1. The van der Waals surface area contributed by atoms with Crippen molar-refractivity contribution in [3.8, 4) is 11.6 Å². The molecule has 2 aromatic carbocycles. The second-order valence-corrected chi connectivity index (χ2v) is 12.9. The standard InChI is InChI=1S/C24H27BN4O6S.C6H8O7/c30-24(28-22(25(31)32)15-18-6-7-18)21(14-17-4-2-1-3-5-17)29-36(33,34)20-10-8-19(9-11-20)35-23-16-26-12-13-27-23;7-3(8)1-6(13,5(11)12)2-4(9)10/h1-5,8-13,16,18,21-22,29,31-32H,6-7,14-15H2,(H,28,30);13H,1-2H2,(H,7,8)(H,9,10)(H,11,12)/t21-,22-;/m0./s1. The first-order valence-electron chi connectivity index (χ1n) is 14.7. The van der Waals surface area contributed by atoms with Gasteiger partial charge in [-0.2, -0.15) is 4.72 Å². The highest BCUT2D eigenvalue weighted by molar-refractivity contribution is 7.89. The maximum Gasteiger partial charge on any atom is 0.475 e. The molecule has 1 amide bonds. The molecule has 0 saturated heterocycles. The second-order valence-electron chi connectivity index (χ2n) is 11.2. The summed E-state index contributed by atoms with van der Waals surface area (Å²) in [6.07, 6.45) is 4.55. The van der Waals surface area contributed by atoms with E-state index in [0.29, 0.717) is 18.1 Å². The fraction of sp³-hybridized carbons (Fsp3) is 0.333. The monoisotopic (exact) mass is 702 g/mol. The zero-order chi connectivity index (χ0) is 36.2. The SMILES string of the molecule is O=C(N[C@@H](CC1CC1)B(O)O)[C@H](Cc1ccccc1)NS(=O)(=O)c1ccc(Oc2cnccn2)cc1.O=C(O)CC(O)(CC(=O)O)C(=O)O. The molecule has 0 aliphatic heterocycles. The van der Waals surface area contributed by atoms with Crippen LogP contribution < -0.4 is 14.8 Å². The molecule has 0 unspecified atom stereocenters. The van der Waals surface area contributed by atoms with E-state index in [-0.39, 0.29) is 17.2 Å². The number of carbonyl (C=O) groups excluding carboxylic acids is 1. The van der Waals surface area contributed by atoms with Crippen molar-refractivity contribution in [1.29, 1.82) is 0 Å². The Balaban J connectivity index is 0.000000425. The van der Waals surface area contributed by atoms with E-state index in [1.54, 1.807) is 24.3 Å². The van der Waals surface area contributed by atoms with E-state index in [2.05, 4.69) is 20.0 Å². The van der Waals surface area contributed by atoms with Gasteiger partial charge in [-0.25, -0.2) is 18.2 Å². The van der Waals surface area contributed by atoms with Gasteiger partial charge in [0.1, 0.15) is 11.8 Å². The largest absolute Gasteiger partial charge is 0.481 e. The number of benzene rings is 2. The fourth-order valence-corrected chi connectivity index (χ4v) is 5.60. The number of amides is 1. The first kappa shape index (κ1) is 38.5. The van der Waals surface area contributed by atoms with Crippen LogP contribution in [0.5, 0.6) is 11.6 Å². The predicted molar refractivity (Wildman–Crippen MR) is 169 cm³/mol. The highest BCUT2D eigenvalue weighted by atomic mass is 32.2. The Labute approximate surface area is 280 Å². The van der Waals surface area contributed by atoms with E-state index in [1.807, 2.05) is 6.07 Å². The topological polar surface area (TPSA) is 283 Å². The number of hydrogen-bond acceptors (Lipinski definition) is 12. The number of nitrogens with one attached hydrogen (secondary N) is 2. The number of nitrogens with zero attached hydrogens (tertiary/aromatic N) is 2. The minimum Gasteiger partial charge on any atom is -0.481 e. The molecule has 1 aliphatic rings. The average Bonchev–Trinajstić information content (AvgIpc) is 3.85. The fourth-order valence-electron chi connectivity index (χ4n) is 4.40. The molecule has 49 heavy (non-hydrogen) atoms. The molecule has 19 heteroatoms. The zero-order valence-corrected chi connectivity index (χ0v) is 26.6. The molecular formula is C30H35BN4O13S. The van der Waals surface area contributed by atoms with Gasteiger partial charge < -0.3 is 40.5 Å². The highest BCUT2D eigenvalue weighted by Crippen LogP contribution is 2.33. The second kappa shape index (κ2) is 17.5.